The van der Waals surface area contributed by atoms with E-state index < -0.39 is 15.4 Å². The fourth-order valence-corrected chi connectivity index (χ4v) is 4.76. The molecule has 0 saturated heterocycles. The highest BCUT2D eigenvalue weighted by molar-refractivity contribution is 7.86. The molecule has 0 aromatic carbocycles. The van der Waals surface area contributed by atoms with Crippen LogP contribution in [0.3, 0.4) is 0 Å². The summed E-state index contributed by atoms with van der Waals surface area (Å²) in [7, 11) is -3.93. The Morgan fingerprint density at radius 1 is 0.571 bits per heavy atom. The Morgan fingerprint density at radius 2 is 0.893 bits per heavy atom. The molecular weight excluding hydrogens is 372 g/mol. The highest BCUT2D eigenvalue weighted by Gasteiger charge is 2.21. The van der Waals surface area contributed by atoms with Gasteiger partial charge in [0, 0.05) is 0 Å². The minimum absolute atomic E-state index is 0.181. The van der Waals surface area contributed by atoms with Gasteiger partial charge in [-0.1, -0.05) is 110 Å². The van der Waals surface area contributed by atoms with Gasteiger partial charge in [-0.3, -0.25) is 4.55 Å². The average molecular weight is 421 g/mol. The van der Waals surface area contributed by atoms with Crippen LogP contribution in [0.25, 0.3) is 0 Å². The fourth-order valence-electron chi connectivity index (χ4n) is 3.83. The predicted molar refractivity (Wildman–Crippen MR) is 120 cm³/mol. The molecule has 0 saturated carbocycles. The predicted octanol–water partition coefficient (Wildman–Crippen LogP) is 7.06. The molecule has 170 valence electrons. The zero-order valence-electron chi connectivity index (χ0n) is 18.7. The lowest BCUT2D eigenvalue weighted by Crippen LogP contribution is -2.20. The Bertz CT molecular complexity index is 422. The summed E-state index contributed by atoms with van der Waals surface area (Å²) in [6.45, 7) is 4.39. The normalized spacial score (nSPS) is 14.3. The van der Waals surface area contributed by atoms with Gasteiger partial charge in [-0.2, -0.15) is 8.42 Å². The van der Waals surface area contributed by atoms with E-state index in [1.54, 1.807) is 0 Å². The van der Waals surface area contributed by atoms with Gasteiger partial charge in [-0.15, -0.1) is 0 Å². The van der Waals surface area contributed by atoms with Gasteiger partial charge in [-0.05, 0) is 25.7 Å². The van der Waals surface area contributed by atoms with Crippen LogP contribution in [0.2, 0.25) is 0 Å². The van der Waals surface area contributed by atoms with Gasteiger partial charge in [0.2, 0.25) is 0 Å². The molecule has 0 aromatic heterocycles. The summed E-state index contributed by atoms with van der Waals surface area (Å²) in [6.07, 6.45) is 19.5. The summed E-state index contributed by atoms with van der Waals surface area (Å²) in [6, 6.07) is 0. The minimum atomic E-state index is -3.93. The van der Waals surface area contributed by atoms with E-state index in [1.807, 2.05) is 0 Å². The largest absolute Gasteiger partial charge is 0.393 e. The molecule has 0 aromatic rings. The highest BCUT2D eigenvalue weighted by atomic mass is 32.2. The number of rotatable bonds is 21. The molecule has 4 nitrogen and oxygen atoms in total. The van der Waals surface area contributed by atoms with Crippen molar-refractivity contribution >= 4 is 10.1 Å². The highest BCUT2D eigenvalue weighted by Crippen LogP contribution is 2.19. The molecule has 0 radical (unpaired) electrons. The molecule has 2 N–H and O–H groups in total. The molecule has 0 bridgehead atoms. The van der Waals surface area contributed by atoms with Gasteiger partial charge < -0.3 is 5.11 Å². The Kier molecular flexibility index (Phi) is 18.8. The van der Waals surface area contributed by atoms with Crippen molar-refractivity contribution in [2.75, 3.05) is 0 Å². The number of hydrogen-bond donors (Lipinski definition) is 2. The topological polar surface area (TPSA) is 74.6 Å². The van der Waals surface area contributed by atoms with Crippen LogP contribution in [0.5, 0.6) is 0 Å². The molecule has 0 rings (SSSR count). The maximum absolute atomic E-state index is 11.6. The standard InChI is InChI=1S/C23H48O4S/c1-3-5-7-9-10-11-16-20-23(28(25,26)27)21-17-13-12-15-19-22(24)18-14-8-6-4-2/h22-24H,3-21H2,1-2H3,(H,25,26,27). The molecule has 0 fully saturated rings. The van der Waals surface area contributed by atoms with Crippen LogP contribution in [0.4, 0.5) is 0 Å². The van der Waals surface area contributed by atoms with E-state index in [1.165, 1.54) is 51.4 Å². The molecule has 2 unspecified atom stereocenters. The molecule has 28 heavy (non-hydrogen) atoms. The number of hydrogen-bond acceptors (Lipinski definition) is 3. The molecule has 0 spiro atoms. The van der Waals surface area contributed by atoms with Gasteiger partial charge in [0.05, 0.1) is 11.4 Å². The molecule has 0 aliphatic carbocycles. The summed E-state index contributed by atoms with van der Waals surface area (Å²) >= 11 is 0. The smallest absolute Gasteiger partial charge is 0.267 e. The van der Waals surface area contributed by atoms with E-state index in [0.29, 0.717) is 12.8 Å². The van der Waals surface area contributed by atoms with Crippen LogP contribution in [-0.2, 0) is 10.1 Å². The monoisotopic (exact) mass is 420 g/mol. The Hall–Kier alpha value is -0.130. The average Bonchev–Trinajstić information content (AvgIpc) is 2.64. The van der Waals surface area contributed by atoms with Crippen LogP contribution >= 0.6 is 0 Å². The minimum Gasteiger partial charge on any atom is -0.393 e. The van der Waals surface area contributed by atoms with Crippen molar-refractivity contribution in [3.05, 3.63) is 0 Å². The van der Waals surface area contributed by atoms with Crippen LogP contribution in [0.1, 0.15) is 136 Å². The maximum Gasteiger partial charge on any atom is 0.267 e. The van der Waals surface area contributed by atoms with Crippen LogP contribution in [-0.4, -0.2) is 29.4 Å². The first-order chi connectivity index (χ1) is 13.4. The number of aliphatic hydroxyl groups is 1. The Balaban J connectivity index is 3.76. The number of unbranched alkanes of at least 4 members (excludes halogenated alkanes) is 12. The van der Waals surface area contributed by atoms with Gasteiger partial charge in [0.25, 0.3) is 10.1 Å². The first kappa shape index (κ1) is 27.9. The van der Waals surface area contributed by atoms with Crippen molar-refractivity contribution in [3.8, 4) is 0 Å². The molecule has 5 heteroatoms. The number of aliphatic hydroxyl groups excluding tert-OH is 1. The van der Waals surface area contributed by atoms with Crippen molar-refractivity contribution in [1.29, 1.82) is 0 Å². The van der Waals surface area contributed by atoms with Crippen LogP contribution in [0.15, 0.2) is 0 Å². The second-order valence-corrected chi connectivity index (χ2v) is 10.2. The van der Waals surface area contributed by atoms with Crippen molar-refractivity contribution in [3.63, 3.8) is 0 Å². The van der Waals surface area contributed by atoms with E-state index >= 15 is 0 Å². The van der Waals surface area contributed by atoms with Gasteiger partial charge in [0.1, 0.15) is 0 Å². The molecule has 0 aliphatic heterocycles. The molecule has 0 aliphatic rings. The van der Waals surface area contributed by atoms with Gasteiger partial charge >= 0.3 is 0 Å². The summed E-state index contributed by atoms with van der Waals surface area (Å²) in [4.78, 5) is 0. The zero-order valence-corrected chi connectivity index (χ0v) is 19.5. The lowest BCUT2D eigenvalue weighted by atomic mass is 10.0. The zero-order chi connectivity index (χ0) is 21.1. The van der Waals surface area contributed by atoms with Crippen molar-refractivity contribution < 1.29 is 18.1 Å². The van der Waals surface area contributed by atoms with Crippen LogP contribution in [0, 0.1) is 0 Å². The maximum atomic E-state index is 11.6. The first-order valence-electron chi connectivity index (χ1n) is 12.1. The fraction of sp³-hybridized carbons (Fsp3) is 1.00. The quantitative estimate of drug-likeness (QED) is 0.154. The van der Waals surface area contributed by atoms with Gasteiger partial charge in [0.15, 0.2) is 0 Å². The van der Waals surface area contributed by atoms with Gasteiger partial charge in [-0.25, -0.2) is 0 Å². The molecule has 0 amide bonds. The molecule has 0 heterocycles. The second-order valence-electron chi connectivity index (χ2n) is 8.54. The lowest BCUT2D eigenvalue weighted by molar-refractivity contribution is 0.147. The SMILES string of the molecule is CCCCCCCCCC(CCCCCCC(O)CCCCCC)S(=O)(=O)O. The third kappa shape index (κ3) is 17.9. The van der Waals surface area contributed by atoms with E-state index in [-0.39, 0.29) is 6.10 Å². The summed E-state index contributed by atoms with van der Waals surface area (Å²) in [5.41, 5.74) is 0. The summed E-state index contributed by atoms with van der Waals surface area (Å²) in [5, 5.41) is 9.39. The second kappa shape index (κ2) is 18.9. The Labute approximate surface area is 175 Å². The molecular formula is C23H48O4S. The van der Waals surface area contributed by atoms with E-state index in [2.05, 4.69) is 13.8 Å². The Morgan fingerprint density at radius 3 is 1.29 bits per heavy atom. The van der Waals surface area contributed by atoms with E-state index in [9.17, 15) is 18.1 Å². The lowest BCUT2D eigenvalue weighted by Gasteiger charge is -2.14. The van der Waals surface area contributed by atoms with E-state index in [0.717, 1.165) is 57.8 Å². The van der Waals surface area contributed by atoms with E-state index in [4.69, 9.17) is 0 Å². The third-order valence-electron chi connectivity index (χ3n) is 5.76. The molecule has 2 atom stereocenters. The van der Waals surface area contributed by atoms with Crippen molar-refractivity contribution in [2.24, 2.45) is 0 Å². The summed E-state index contributed by atoms with van der Waals surface area (Å²) in [5.74, 6) is 0. The summed E-state index contributed by atoms with van der Waals surface area (Å²) < 4.78 is 32.7. The van der Waals surface area contributed by atoms with Crippen molar-refractivity contribution in [2.45, 2.75) is 147 Å². The first-order valence-corrected chi connectivity index (χ1v) is 13.6. The van der Waals surface area contributed by atoms with Crippen LogP contribution < -0.4 is 0 Å². The third-order valence-corrected chi connectivity index (χ3v) is 7.07. The van der Waals surface area contributed by atoms with Crippen molar-refractivity contribution in [1.82, 2.24) is 0 Å².